The third-order valence-electron chi connectivity index (χ3n) is 5.21. The highest BCUT2D eigenvalue weighted by molar-refractivity contribution is 5.91. The quantitative estimate of drug-likeness (QED) is 0.109. The van der Waals surface area contributed by atoms with Crippen molar-refractivity contribution in [2.45, 2.75) is 71.1 Å². The van der Waals surface area contributed by atoms with E-state index in [2.05, 4.69) is 13.5 Å². The third-order valence-corrected chi connectivity index (χ3v) is 5.21. The number of ether oxygens (including phenoxy) is 3. The first-order chi connectivity index (χ1) is 15.7. The van der Waals surface area contributed by atoms with Crippen molar-refractivity contribution in [3.63, 3.8) is 0 Å². The minimum atomic E-state index is -0.387. The van der Waals surface area contributed by atoms with Gasteiger partial charge in [-0.05, 0) is 80.6 Å². The number of carbonyl (C=O) groups excluding carboxylic acids is 1. The summed E-state index contributed by atoms with van der Waals surface area (Å²) in [4.78, 5) is 12.4. The summed E-state index contributed by atoms with van der Waals surface area (Å²) in [5, 5.41) is 0. The lowest BCUT2D eigenvalue weighted by atomic mass is 10.1. The van der Waals surface area contributed by atoms with Gasteiger partial charge in [0.15, 0.2) is 0 Å². The third kappa shape index (κ3) is 10.5. The van der Waals surface area contributed by atoms with Crippen LogP contribution in [0, 0.1) is 0 Å². The Labute approximate surface area is 193 Å². The molecular weight excluding hydrogens is 400 g/mol. The Bertz CT molecular complexity index is 765. The fraction of sp³-hybridized carbons (Fsp3) is 0.464. The maximum Gasteiger partial charge on any atom is 0.343 e. The van der Waals surface area contributed by atoms with Gasteiger partial charge in [0.2, 0.25) is 0 Å². The molecule has 0 aromatic heterocycles. The monoisotopic (exact) mass is 438 g/mol. The van der Waals surface area contributed by atoms with Crippen molar-refractivity contribution < 1.29 is 19.0 Å². The SMILES string of the molecule is C=CCCCCCOc1ccc(C(=O)Oc2ccc(OCCCCCCCC)cc2)cc1. The lowest BCUT2D eigenvalue weighted by Crippen LogP contribution is -2.08. The Balaban J connectivity index is 1.68. The van der Waals surface area contributed by atoms with Crippen molar-refractivity contribution in [2.75, 3.05) is 13.2 Å². The van der Waals surface area contributed by atoms with Crippen LogP contribution >= 0.6 is 0 Å². The molecule has 0 N–H and O–H groups in total. The molecule has 0 aliphatic heterocycles. The minimum absolute atomic E-state index is 0.387. The summed E-state index contributed by atoms with van der Waals surface area (Å²) in [6, 6.07) is 14.3. The van der Waals surface area contributed by atoms with Crippen molar-refractivity contribution in [1.82, 2.24) is 0 Å². The summed E-state index contributed by atoms with van der Waals surface area (Å²) in [7, 11) is 0. The van der Waals surface area contributed by atoms with E-state index in [4.69, 9.17) is 14.2 Å². The topological polar surface area (TPSA) is 44.8 Å². The Kier molecular flexibility index (Phi) is 12.7. The van der Waals surface area contributed by atoms with E-state index in [1.807, 2.05) is 18.2 Å². The molecule has 0 heterocycles. The maximum absolute atomic E-state index is 12.4. The van der Waals surface area contributed by atoms with E-state index in [0.717, 1.165) is 43.6 Å². The van der Waals surface area contributed by atoms with Crippen LogP contribution in [0.15, 0.2) is 61.2 Å². The fourth-order valence-corrected chi connectivity index (χ4v) is 3.29. The predicted molar refractivity (Wildman–Crippen MR) is 131 cm³/mol. The molecule has 0 fully saturated rings. The molecule has 0 saturated heterocycles. The average Bonchev–Trinajstić information content (AvgIpc) is 2.82. The van der Waals surface area contributed by atoms with Gasteiger partial charge in [0, 0.05) is 0 Å². The Morgan fingerprint density at radius 3 is 1.81 bits per heavy atom. The molecule has 2 rings (SSSR count). The molecule has 0 aliphatic carbocycles. The van der Waals surface area contributed by atoms with E-state index in [-0.39, 0.29) is 5.97 Å². The number of benzene rings is 2. The molecule has 0 atom stereocenters. The standard InChI is InChI=1S/C28H38O4/c1-3-5-7-9-11-13-23-31-26-18-20-27(21-19-26)32-28(29)24-14-16-25(17-15-24)30-22-12-10-8-6-4-2/h4,14-21H,2-3,5-13,22-23H2,1H3. The lowest BCUT2D eigenvalue weighted by molar-refractivity contribution is 0.0734. The van der Waals surface area contributed by atoms with Crippen LogP contribution in [0.5, 0.6) is 17.2 Å². The van der Waals surface area contributed by atoms with Gasteiger partial charge >= 0.3 is 5.97 Å². The van der Waals surface area contributed by atoms with Crippen molar-refractivity contribution in [1.29, 1.82) is 0 Å². The van der Waals surface area contributed by atoms with Crippen molar-refractivity contribution >= 4 is 5.97 Å². The fourth-order valence-electron chi connectivity index (χ4n) is 3.29. The smallest absolute Gasteiger partial charge is 0.343 e. The molecule has 0 unspecified atom stereocenters. The van der Waals surface area contributed by atoms with Crippen molar-refractivity contribution in [2.24, 2.45) is 0 Å². The van der Waals surface area contributed by atoms with Gasteiger partial charge in [-0.15, -0.1) is 6.58 Å². The van der Waals surface area contributed by atoms with Crippen LogP contribution in [0.4, 0.5) is 0 Å². The normalized spacial score (nSPS) is 10.5. The highest BCUT2D eigenvalue weighted by Crippen LogP contribution is 2.20. The molecule has 0 spiro atoms. The zero-order valence-electron chi connectivity index (χ0n) is 19.5. The Morgan fingerprint density at radius 1 is 0.719 bits per heavy atom. The second-order valence-corrected chi connectivity index (χ2v) is 7.99. The number of unbranched alkanes of at least 4 members (excludes halogenated alkanes) is 8. The summed E-state index contributed by atoms with van der Waals surface area (Å²) in [6.45, 7) is 7.35. The summed E-state index contributed by atoms with van der Waals surface area (Å²) in [6.07, 6.45) is 13.7. The molecule has 32 heavy (non-hydrogen) atoms. The van der Waals surface area contributed by atoms with Gasteiger partial charge in [-0.3, -0.25) is 0 Å². The number of carbonyl (C=O) groups is 1. The van der Waals surface area contributed by atoms with E-state index >= 15 is 0 Å². The second-order valence-electron chi connectivity index (χ2n) is 7.99. The molecule has 2 aromatic carbocycles. The van der Waals surface area contributed by atoms with E-state index in [9.17, 15) is 4.79 Å². The summed E-state index contributed by atoms with van der Waals surface area (Å²) in [5.41, 5.74) is 0.492. The molecule has 174 valence electrons. The first-order valence-electron chi connectivity index (χ1n) is 12.0. The van der Waals surface area contributed by atoms with Crippen LogP contribution in [0.3, 0.4) is 0 Å². The van der Waals surface area contributed by atoms with Gasteiger partial charge in [-0.1, -0.05) is 45.1 Å². The van der Waals surface area contributed by atoms with Crippen LogP contribution in [-0.4, -0.2) is 19.2 Å². The van der Waals surface area contributed by atoms with Gasteiger partial charge in [0.1, 0.15) is 17.2 Å². The van der Waals surface area contributed by atoms with Gasteiger partial charge in [-0.25, -0.2) is 4.79 Å². The Hall–Kier alpha value is -2.75. The summed E-state index contributed by atoms with van der Waals surface area (Å²) >= 11 is 0. The average molecular weight is 439 g/mol. The van der Waals surface area contributed by atoms with E-state index in [0.29, 0.717) is 24.5 Å². The molecule has 0 saturated carbocycles. The van der Waals surface area contributed by atoms with Crippen LogP contribution < -0.4 is 14.2 Å². The van der Waals surface area contributed by atoms with Crippen LogP contribution in [0.2, 0.25) is 0 Å². The zero-order valence-corrected chi connectivity index (χ0v) is 19.5. The summed E-state index contributed by atoms with van der Waals surface area (Å²) < 4.78 is 17.0. The molecular formula is C28H38O4. The number of hydrogen-bond acceptors (Lipinski definition) is 4. The number of esters is 1. The molecule has 0 amide bonds. The van der Waals surface area contributed by atoms with E-state index < -0.39 is 0 Å². The van der Waals surface area contributed by atoms with Crippen molar-refractivity contribution in [3.05, 3.63) is 66.7 Å². The largest absolute Gasteiger partial charge is 0.494 e. The van der Waals surface area contributed by atoms with Crippen LogP contribution in [-0.2, 0) is 0 Å². The first kappa shape index (κ1) is 25.5. The van der Waals surface area contributed by atoms with Crippen molar-refractivity contribution in [3.8, 4) is 17.2 Å². The van der Waals surface area contributed by atoms with Gasteiger partial charge in [-0.2, -0.15) is 0 Å². The van der Waals surface area contributed by atoms with Gasteiger partial charge < -0.3 is 14.2 Å². The van der Waals surface area contributed by atoms with Crippen LogP contribution in [0.1, 0.15) is 81.5 Å². The zero-order chi connectivity index (χ0) is 22.9. The van der Waals surface area contributed by atoms with Crippen LogP contribution in [0.25, 0.3) is 0 Å². The molecule has 4 nitrogen and oxygen atoms in total. The van der Waals surface area contributed by atoms with Gasteiger partial charge in [0.05, 0.1) is 18.8 Å². The molecule has 2 aromatic rings. The molecule has 0 radical (unpaired) electrons. The molecule has 4 heteroatoms. The summed E-state index contributed by atoms with van der Waals surface area (Å²) in [5.74, 6) is 1.67. The first-order valence-corrected chi connectivity index (χ1v) is 12.0. The predicted octanol–water partition coefficient (Wildman–Crippen LogP) is 7.77. The number of allylic oxidation sites excluding steroid dienone is 1. The van der Waals surface area contributed by atoms with Gasteiger partial charge in [0.25, 0.3) is 0 Å². The maximum atomic E-state index is 12.4. The number of rotatable bonds is 17. The second kappa shape index (κ2) is 16.0. The van der Waals surface area contributed by atoms with E-state index in [1.54, 1.807) is 36.4 Å². The lowest BCUT2D eigenvalue weighted by Gasteiger charge is -2.09. The highest BCUT2D eigenvalue weighted by Gasteiger charge is 2.09. The number of hydrogen-bond donors (Lipinski definition) is 0. The van der Waals surface area contributed by atoms with E-state index in [1.165, 1.54) is 32.1 Å². The molecule has 0 bridgehead atoms. The molecule has 0 aliphatic rings. The minimum Gasteiger partial charge on any atom is -0.494 e. The Morgan fingerprint density at radius 2 is 1.22 bits per heavy atom. The highest BCUT2D eigenvalue weighted by atomic mass is 16.5.